The topological polar surface area (TPSA) is 95.1 Å². The smallest absolute Gasteiger partial charge is 0.278 e. The zero-order valence-corrected chi connectivity index (χ0v) is 12.5. The molecule has 110 valence electrons. The van der Waals surface area contributed by atoms with Crippen LogP contribution < -0.4 is 4.72 Å². The second kappa shape index (κ2) is 5.99. The molecule has 1 aromatic carbocycles. The lowest BCUT2D eigenvalue weighted by molar-refractivity contribution is 0.350. The number of aromatic amines is 1. The van der Waals surface area contributed by atoms with Gasteiger partial charge >= 0.3 is 0 Å². The van der Waals surface area contributed by atoms with Gasteiger partial charge in [-0.2, -0.15) is 8.42 Å². The van der Waals surface area contributed by atoms with Gasteiger partial charge in [0, 0.05) is 5.56 Å². The van der Waals surface area contributed by atoms with Gasteiger partial charge in [-0.1, -0.05) is 11.8 Å². The van der Waals surface area contributed by atoms with Gasteiger partial charge in [-0.15, -0.1) is 0 Å². The van der Waals surface area contributed by atoms with Crippen molar-refractivity contribution in [3.05, 3.63) is 41.3 Å². The third-order valence-electron chi connectivity index (χ3n) is 2.61. The Morgan fingerprint density at radius 2 is 2.10 bits per heavy atom. The van der Waals surface area contributed by atoms with E-state index < -0.39 is 10.0 Å². The van der Waals surface area contributed by atoms with Crippen molar-refractivity contribution in [3.63, 3.8) is 0 Å². The van der Waals surface area contributed by atoms with Crippen molar-refractivity contribution < 1.29 is 13.5 Å². The van der Waals surface area contributed by atoms with E-state index in [4.69, 9.17) is 5.11 Å². The first-order valence-corrected chi connectivity index (χ1v) is 7.65. The minimum atomic E-state index is -3.71. The van der Waals surface area contributed by atoms with Crippen molar-refractivity contribution in [1.29, 1.82) is 0 Å². The Balaban J connectivity index is 2.33. The van der Waals surface area contributed by atoms with E-state index in [0.717, 1.165) is 5.56 Å². The number of aliphatic hydroxyl groups is 1. The van der Waals surface area contributed by atoms with Crippen molar-refractivity contribution in [2.45, 2.75) is 18.9 Å². The number of imidazole rings is 1. The standard InChI is InChI=1S/C14H15N3O3S/c1-10-6-12(4-3-5-18)8-13(7-10)17-21(19,20)14-9-15-11(2)16-14/h6-9,17-18H,5H2,1-2H3,(H,15,16). The quantitative estimate of drug-likeness (QED) is 0.742. The average molecular weight is 305 g/mol. The molecule has 2 aromatic rings. The largest absolute Gasteiger partial charge is 0.384 e. The van der Waals surface area contributed by atoms with E-state index in [1.807, 2.05) is 6.92 Å². The molecule has 0 atom stereocenters. The van der Waals surface area contributed by atoms with Gasteiger partial charge < -0.3 is 10.1 Å². The number of aryl methyl sites for hydroxylation is 2. The van der Waals surface area contributed by atoms with Gasteiger partial charge in [0.15, 0.2) is 5.03 Å². The first-order valence-electron chi connectivity index (χ1n) is 6.16. The molecule has 0 amide bonds. The van der Waals surface area contributed by atoms with Crippen molar-refractivity contribution in [2.75, 3.05) is 11.3 Å². The Hall–Kier alpha value is -2.30. The molecule has 0 aliphatic rings. The third-order valence-corrected chi connectivity index (χ3v) is 3.90. The molecule has 0 saturated carbocycles. The molecule has 3 N–H and O–H groups in total. The minimum Gasteiger partial charge on any atom is -0.384 e. The Kier molecular flexibility index (Phi) is 4.31. The fourth-order valence-electron chi connectivity index (χ4n) is 1.80. The molecule has 21 heavy (non-hydrogen) atoms. The molecule has 0 aliphatic heterocycles. The molecule has 0 bridgehead atoms. The number of benzene rings is 1. The van der Waals surface area contributed by atoms with Crippen LogP contribution in [-0.4, -0.2) is 30.1 Å². The summed E-state index contributed by atoms with van der Waals surface area (Å²) in [5, 5.41) is 8.71. The first kappa shape index (κ1) is 15.1. The van der Waals surface area contributed by atoms with Gasteiger partial charge in [-0.25, -0.2) is 4.98 Å². The number of aliphatic hydroxyl groups excluding tert-OH is 1. The third kappa shape index (κ3) is 3.84. The van der Waals surface area contributed by atoms with Crippen LogP contribution in [-0.2, 0) is 10.0 Å². The van der Waals surface area contributed by atoms with Crippen LogP contribution in [0.15, 0.2) is 29.4 Å². The predicted octanol–water partition coefficient (Wildman–Crippen LogP) is 1.17. The van der Waals surface area contributed by atoms with E-state index in [-0.39, 0.29) is 11.6 Å². The molecule has 2 rings (SSSR count). The second-order valence-electron chi connectivity index (χ2n) is 4.49. The van der Waals surface area contributed by atoms with Crippen LogP contribution in [0.3, 0.4) is 0 Å². The summed E-state index contributed by atoms with van der Waals surface area (Å²) >= 11 is 0. The van der Waals surface area contributed by atoms with E-state index in [2.05, 4.69) is 26.5 Å². The Bertz CT molecular complexity index is 813. The molecule has 1 aromatic heterocycles. The number of nitrogens with one attached hydrogen (secondary N) is 2. The molecule has 7 heteroatoms. The Morgan fingerprint density at radius 3 is 2.71 bits per heavy atom. The van der Waals surface area contributed by atoms with Crippen LogP contribution in [0.25, 0.3) is 0 Å². The molecule has 0 unspecified atom stereocenters. The van der Waals surface area contributed by atoms with Crippen molar-refractivity contribution >= 4 is 15.7 Å². The van der Waals surface area contributed by atoms with E-state index in [9.17, 15) is 8.42 Å². The van der Waals surface area contributed by atoms with Crippen LogP contribution in [0, 0.1) is 25.7 Å². The van der Waals surface area contributed by atoms with E-state index in [1.165, 1.54) is 6.20 Å². The molecule has 0 radical (unpaired) electrons. The average Bonchev–Trinajstić information content (AvgIpc) is 2.83. The lowest BCUT2D eigenvalue weighted by Crippen LogP contribution is -2.13. The maximum absolute atomic E-state index is 12.2. The van der Waals surface area contributed by atoms with Crippen molar-refractivity contribution in [3.8, 4) is 11.8 Å². The van der Waals surface area contributed by atoms with Gasteiger partial charge in [-0.3, -0.25) is 4.72 Å². The van der Waals surface area contributed by atoms with Crippen LogP contribution in [0.1, 0.15) is 17.0 Å². The molecule has 0 spiro atoms. The summed E-state index contributed by atoms with van der Waals surface area (Å²) in [5.41, 5.74) is 1.89. The van der Waals surface area contributed by atoms with E-state index >= 15 is 0 Å². The molecular formula is C14H15N3O3S. The Morgan fingerprint density at radius 1 is 1.33 bits per heavy atom. The zero-order chi connectivity index (χ0) is 15.5. The summed E-state index contributed by atoms with van der Waals surface area (Å²) in [6.07, 6.45) is 1.26. The van der Waals surface area contributed by atoms with E-state index in [1.54, 1.807) is 25.1 Å². The fourth-order valence-corrected chi connectivity index (χ4v) is 2.81. The maximum atomic E-state index is 12.2. The van der Waals surface area contributed by atoms with Crippen LogP contribution >= 0.6 is 0 Å². The maximum Gasteiger partial charge on any atom is 0.278 e. The summed E-state index contributed by atoms with van der Waals surface area (Å²) in [6.45, 7) is 3.26. The highest BCUT2D eigenvalue weighted by Gasteiger charge is 2.16. The van der Waals surface area contributed by atoms with Gasteiger partial charge in [0.2, 0.25) is 0 Å². The van der Waals surface area contributed by atoms with Crippen LogP contribution in [0.5, 0.6) is 0 Å². The van der Waals surface area contributed by atoms with Crippen molar-refractivity contribution in [2.24, 2.45) is 0 Å². The molecule has 0 fully saturated rings. The highest BCUT2D eigenvalue weighted by atomic mass is 32.2. The van der Waals surface area contributed by atoms with Gasteiger partial charge in [0.25, 0.3) is 10.0 Å². The number of sulfonamides is 1. The zero-order valence-electron chi connectivity index (χ0n) is 11.6. The summed E-state index contributed by atoms with van der Waals surface area (Å²) in [7, 11) is -3.71. The summed E-state index contributed by atoms with van der Waals surface area (Å²) < 4.78 is 26.9. The number of hydrogen-bond donors (Lipinski definition) is 3. The highest BCUT2D eigenvalue weighted by molar-refractivity contribution is 7.92. The highest BCUT2D eigenvalue weighted by Crippen LogP contribution is 2.18. The first-order chi connectivity index (χ1) is 9.90. The monoisotopic (exact) mass is 305 g/mol. The fraction of sp³-hybridized carbons (Fsp3) is 0.214. The normalized spacial score (nSPS) is 10.8. The van der Waals surface area contributed by atoms with Gasteiger partial charge in [0.05, 0.1) is 11.9 Å². The Labute approximate surface area is 123 Å². The number of H-pyrrole nitrogens is 1. The van der Waals surface area contributed by atoms with Crippen molar-refractivity contribution in [1.82, 2.24) is 9.97 Å². The second-order valence-corrected chi connectivity index (χ2v) is 6.14. The molecule has 0 aliphatic carbocycles. The molecular weight excluding hydrogens is 290 g/mol. The number of rotatable bonds is 3. The SMILES string of the molecule is Cc1cc(C#CCO)cc(NS(=O)(=O)c2cnc(C)[nH]2)c1. The predicted molar refractivity (Wildman–Crippen MR) is 79.3 cm³/mol. The number of nitrogens with zero attached hydrogens (tertiary/aromatic N) is 1. The van der Waals surface area contributed by atoms with Crippen LogP contribution in [0.2, 0.25) is 0 Å². The van der Waals surface area contributed by atoms with Crippen LogP contribution in [0.4, 0.5) is 5.69 Å². The lowest BCUT2D eigenvalue weighted by Gasteiger charge is -2.08. The minimum absolute atomic E-state index is 0.00417. The number of hydrogen-bond acceptors (Lipinski definition) is 4. The molecule has 1 heterocycles. The summed E-state index contributed by atoms with van der Waals surface area (Å²) in [4.78, 5) is 6.55. The molecule has 6 nitrogen and oxygen atoms in total. The number of aromatic nitrogens is 2. The van der Waals surface area contributed by atoms with E-state index in [0.29, 0.717) is 17.1 Å². The summed E-state index contributed by atoms with van der Waals surface area (Å²) in [5.74, 6) is 5.80. The van der Waals surface area contributed by atoms with Gasteiger partial charge in [0.1, 0.15) is 12.4 Å². The summed E-state index contributed by atoms with van der Waals surface area (Å²) in [6, 6.07) is 5.11. The van der Waals surface area contributed by atoms with Gasteiger partial charge in [-0.05, 0) is 37.6 Å². The molecule has 0 saturated heterocycles. The number of anilines is 1. The lowest BCUT2D eigenvalue weighted by atomic mass is 10.1.